The molecule has 2 rings (SSSR count). The molecule has 0 aromatic heterocycles. The van der Waals surface area contributed by atoms with Gasteiger partial charge in [0.15, 0.2) is 0 Å². The summed E-state index contributed by atoms with van der Waals surface area (Å²) in [6.45, 7) is 2.45. The Bertz CT molecular complexity index is 450. The van der Waals surface area contributed by atoms with Crippen LogP contribution in [0.3, 0.4) is 0 Å². The van der Waals surface area contributed by atoms with Crippen molar-refractivity contribution in [2.24, 2.45) is 17.8 Å². The van der Waals surface area contributed by atoms with Gasteiger partial charge >= 0.3 is 11.9 Å². The number of ketones is 2. The van der Waals surface area contributed by atoms with Crippen molar-refractivity contribution in [3.63, 3.8) is 0 Å². The topological polar surface area (TPSA) is 86.7 Å². The van der Waals surface area contributed by atoms with Crippen LogP contribution in [0.2, 0.25) is 0 Å². The summed E-state index contributed by atoms with van der Waals surface area (Å²) in [4.78, 5) is 46.3. The Hall–Kier alpha value is -1.72. The molecule has 0 N–H and O–H groups in total. The third-order valence-electron chi connectivity index (χ3n) is 5.11. The van der Waals surface area contributed by atoms with Crippen LogP contribution in [0.5, 0.6) is 0 Å². The van der Waals surface area contributed by atoms with E-state index >= 15 is 0 Å². The smallest absolute Gasteiger partial charge is 0.305 e. The van der Waals surface area contributed by atoms with Crippen molar-refractivity contribution >= 4 is 23.5 Å². The first-order valence-corrected chi connectivity index (χ1v) is 8.84. The van der Waals surface area contributed by atoms with Crippen LogP contribution in [0.15, 0.2) is 0 Å². The Morgan fingerprint density at radius 1 is 0.958 bits per heavy atom. The molecule has 2 aliphatic rings. The molecule has 6 nitrogen and oxygen atoms in total. The minimum absolute atomic E-state index is 0.0374. The average Bonchev–Trinajstić information content (AvgIpc) is 2.59. The molecule has 134 valence electrons. The summed E-state index contributed by atoms with van der Waals surface area (Å²) >= 11 is 0. The van der Waals surface area contributed by atoms with Crippen LogP contribution < -0.4 is 0 Å². The number of Topliss-reactive ketones (excluding diaryl/α,β-unsaturated/α-hetero) is 2. The van der Waals surface area contributed by atoms with E-state index in [4.69, 9.17) is 9.47 Å². The number of hydrogen-bond donors (Lipinski definition) is 0. The molecule has 0 aliphatic carbocycles. The van der Waals surface area contributed by atoms with Crippen molar-refractivity contribution in [1.29, 1.82) is 0 Å². The first-order valence-electron chi connectivity index (χ1n) is 8.84. The van der Waals surface area contributed by atoms with Gasteiger partial charge in [0.25, 0.3) is 0 Å². The third-order valence-corrected chi connectivity index (χ3v) is 5.11. The van der Waals surface area contributed by atoms with E-state index in [1.165, 1.54) is 0 Å². The second-order valence-corrected chi connectivity index (χ2v) is 6.76. The standard InChI is InChI=1S/C18H26O6/c1-2-14(19)5-6-15(20)9-16(12-3-7-17(21)23-10-12)13-4-8-18(22)24-11-13/h12-13,16H,2-11H2,1H3. The Morgan fingerprint density at radius 2 is 1.46 bits per heavy atom. The van der Waals surface area contributed by atoms with Gasteiger partial charge in [-0.1, -0.05) is 6.92 Å². The van der Waals surface area contributed by atoms with Gasteiger partial charge in [0.1, 0.15) is 11.6 Å². The molecule has 0 amide bonds. The number of hydrogen-bond acceptors (Lipinski definition) is 6. The lowest BCUT2D eigenvalue weighted by molar-refractivity contribution is -0.155. The maximum Gasteiger partial charge on any atom is 0.305 e. The molecule has 0 spiro atoms. The summed E-state index contributed by atoms with van der Waals surface area (Å²) in [5, 5.41) is 0. The van der Waals surface area contributed by atoms with E-state index in [1.807, 2.05) is 0 Å². The van der Waals surface area contributed by atoms with Crippen LogP contribution in [-0.4, -0.2) is 36.7 Å². The number of carbonyl (C=O) groups excluding carboxylic acids is 4. The highest BCUT2D eigenvalue weighted by atomic mass is 16.5. The predicted molar refractivity (Wildman–Crippen MR) is 85.0 cm³/mol. The lowest BCUT2D eigenvalue weighted by atomic mass is 9.73. The van der Waals surface area contributed by atoms with E-state index in [9.17, 15) is 19.2 Å². The van der Waals surface area contributed by atoms with E-state index < -0.39 is 0 Å². The van der Waals surface area contributed by atoms with Crippen LogP contribution >= 0.6 is 0 Å². The predicted octanol–water partition coefficient (Wildman–Crippen LogP) is 2.23. The van der Waals surface area contributed by atoms with Crippen molar-refractivity contribution in [1.82, 2.24) is 0 Å². The third kappa shape index (κ3) is 5.42. The maximum atomic E-state index is 12.3. The lowest BCUT2D eigenvalue weighted by Crippen LogP contribution is -2.37. The molecule has 2 fully saturated rings. The van der Waals surface area contributed by atoms with Crippen LogP contribution in [0.1, 0.15) is 58.3 Å². The zero-order valence-electron chi connectivity index (χ0n) is 14.3. The zero-order valence-corrected chi connectivity index (χ0v) is 14.3. The molecule has 0 saturated carbocycles. The molecule has 0 bridgehead atoms. The summed E-state index contributed by atoms with van der Waals surface area (Å²) in [5.41, 5.74) is 0. The van der Waals surface area contributed by atoms with Gasteiger partial charge in [-0.05, 0) is 30.6 Å². The second kappa shape index (κ2) is 8.94. The van der Waals surface area contributed by atoms with Crippen molar-refractivity contribution in [2.45, 2.75) is 58.3 Å². The van der Waals surface area contributed by atoms with E-state index in [0.717, 1.165) is 0 Å². The highest BCUT2D eigenvalue weighted by molar-refractivity contribution is 5.86. The fourth-order valence-corrected chi connectivity index (χ4v) is 3.53. The molecule has 2 saturated heterocycles. The Balaban J connectivity index is 1.96. The Labute approximate surface area is 142 Å². The van der Waals surface area contributed by atoms with Crippen molar-refractivity contribution < 1.29 is 28.7 Å². The van der Waals surface area contributed by atoms with Crippen LogP contribution in [0.4, 0.5) is 0 Å². The van der Waals surface area contributed by atoms with Gasteiger partial charge < -0.3 is 9.47 Å². The average molecular weight is 338 g/mol. The molecule has 2 unspecified atom stereocenters. The van der Waals surface area contributed by atoms with E-state index in [0.29, 0.717) is 58.2 Å². The van der Waals surface area contributed by atoms with E-state index in [-0.39, 0.29) is 47.7 Å². The Kier molecular flexibility index (Phi) is 6.94. The van der Waals surface area contributed by atoms with Crippen LogP contribution in [-0.2, 0) is 28.7 Å². The monoisotopic (exact) mass is 338 g/mol. The summed E-state index contributed by atoms with van der Waals surface area (Å²) < 4.78 is 10.3. The van der Waals surface area contributed by atoms with Crippen molar-refractivity contribution in [3.05, 3.63) is 0 Å². The normalized spacial score (nSPS) is 25.5. The second-order valence-electron chi connectivity index (χ2n) is 6.76. The number of esters is 2. The minimum atomic E-state index is -0.194. The molecule has 0 aromatic carbocycles. The molecule has 6 heteroatoms. The van der Waals surface area contributed by atoms with Gasteiger partial charge in [0.05, 0.1) is 13.2 Å². The van der Waals surface area contributed by atoms with Gasteiger partial charge in [-0.3, -0.25) is 19.2 Å². The number of cyclic esters (lactones) is 2. The minimum Gasteiger partial charge on any atom is -0.465 e. The molecule has 24 heavy (non-hydrogen) atoms. The first kappa shape index (κ1) is 18.6. The van der Waals surface area contributed by atoms with Crippen LogP contribution in [0, 0.1) is 17.8 Å². The van der Waals surface area contributed by atoms with Gasteiger partial charge in [-0.2, -0.15) is 0 Å². The fraction of sp³-hybridized carbons (Fsp3) is 0.778. The highest BCUT2D eigenvalue weighted by Crippen LogP contribution is 2.36. The van der Waals surface area contributed by atoms with E-state index in [1.54, 1.807) is 6.92 Å². The molecular formula is C18H26O6. The van der Waals surface area contributed by atoms with E-state index in [2.05, 4.69) is 0 Å². The van der Waals surface area contributed by atoms with Crippen molar-refractivity contribution in [3.8, 4) is 0 Å². The largest absolute Gasteiger partial charge is 0.465 e. The van der Waals surface area contributed by atoms with Gasteiger partial charge in [-0.25, -0.2) is 0 Å². The fourth-order valence-electron chi connectivity index (χ4n) is 3.53. The molecule has 2 aliphatic heterocycles. The number of ether oxygens (including phenoxy) is 2. The van der Waals surface area contributed by atoms with Crippen LogP contribution in [0.25, 0.3) is 0 Å². The molecular weight excluding hydrogens is 312 g/mol. The van der Waals surface area contributed by atoms with Gasteiger partial charge in [-0.15, -0.1) is 0 Å². The molecule has 0 aromatic rings. The zero-order chi connectivity index (χ0) is 17.5. The molecule has 0 radical (unpaired) electrons. The van der Waals surface area contributed by atoms with Crippen molar-refractivity contribution in [2.75, 3.05) is 13.2 Å². The first-order chi connectivity index (χ1) is 11.5. The van der Waals surface area contributed by atoms with Gasteiger partial charge in [0.2, 0.25) is 0 Å². The Morgan fingerprint density at radius 3 is 1.88 bits per heavy atom. The number of carbonyl (C=O) groups is 4. The highest BCUT2D eigenvalue weighted by Gasteiger charge is 2.36. The SMILES string of the molecule is CCC(=O)CCC(=O)CC(C1CCC(=O)OC1)C1CCC(=O)OC1. The summed E-state index contributed by atoms with van der Waals surface area (Å²) in [6, 6.07) is 0. The summed E-state index contributed by atoms with van der Waals surface area (Å²) in [6.07, 6.45) is 3.52. The maximum absolute atomic E-state index is 12.3. The summed E-state index contributed by atoms with van der Waals surface area (Å²) in [7, 11) is 0. The molecule has 2 atom stereocenters. The summed E-state index contributed by atoms with van der Waals surface area (Å²) in [5.74, 6) is 0.0506. The number of rotatable bonds is 8. The lowest BCUT2D eigenvalue weighted by Gasteiger charge is -2.36. The quantitative estimate of drug-likeness (QED) is 0.631. The molecule has 2 heterocycles. The van der Waals surface area contributed by atoms with Gasteiger partial charge in [0, 0.05) is 38.5 Å².